The standard InChI is InChI=1S/C18H17NO5/c20-17(21)16(14-7-6-13-8-9-23-15(13)10-14)19-18(22)24-11-12-4-2-1-3-5-12/h1-7,10,16H,8-9,11H2,(H,19,22)(H,20,21)/t16-/m1/s1. The van der Waals surface area contributed by atoms with Crippen molar-refractivity contribution in [3.63, 3.8) is 0 Å². The largest absolute Gasteiger partial charge is 0.493 e. The van der Waals surface area contributed by atoms with Gasteiger partial charge in [0.15, 0.2) is 6.04 Å². The fourth-order valence-corrected chi connectivity index (χ4v) is 2.53. The molecule has 1 aliphatic heterocycles. The van der Waals surface area contributed by atoms with Crippen molar-refractivity contribution in [1.29, 1.82) is 0 Å². The summed E-state index contributed by atoms with van der Waals surface area (Å²) in [5, 5.41) is 11.8. The SMILES string of the molecule is O=C(N[C@@H](C(=O)O)c1ccc2c(c1)OCC2)OCc1ccccc1. The van der Waals surface area contributed by atoms with Gasteiger partial charge in [0.25, 0.3) is 0 Å². The van der Waals surface area contributed by atoms with E-state index in [1.807, 2.05) is 36.4 Å². The number of hydrogen-bond donors (Lipinski definition) is 2. The van der Waals surface area contributed by atoms with Crippen LogP contribution in [0.4, 0.5) is 4.79 Å². The molecule has 1 aliphatic rings. The van der Waals surface area contributed by atoms with E-state index in [9.17, 15) is 14.7 Å². The maximum absolute atomic E-state index is 11.9. The van der Waals surface area contributed by atoms with Crippen molar-refractivity contribution in [2.75, 3.05) is 6.61 Å². The number of benzene rings is 2. The summed E-state index contributed by atoms with van der Waals surface area (Å²) in [6, 6.07) is 13.1. The summed E-state index contributed by atoms with van der Waals surface area (Å²) in [7, 11) is 0. The lowest BCUT2D eigenvalue weighted by molar-refractivity contribution is -0.139. The highest BCUT2D eigenvalue weighted by Gasteiger charge is 2.25. The van der Waals surface area contributed by atoms with Gasteiger partial charge in [-0.05, 0) is 22.8 Å². The third-order valence-electron chi connectivity index (χ3n) is 3.78. The predicted molar refractivity (Wildman–Crippen MR) is 85.8 cm³/mol. The zero-order chi connectivity index (χ0) is 16.9. The summed E-state index contributed by atoms with van der Waals surface area (Å²) in [5.41, 5.74) is 2.31. The highest BCUT2D eigenvalue weighted by Crippen LogP contribution is 2.28. The molecule has 6 heteroatoms. The maximum Gasteiger partial charge on any atom is 0.408 e. The van der Waals surface area contributed by atoms with Crippen LogP contribution in [0.5, 0.6) is 5.75 Å². The van der Waals surface area contributed by atoms with Gasteiger partial charge in [-0.1, -0.05) is 42.5 Å². The number of carbonyl (C=O) groups excluding carboxylic acids is 1. The Hall–Kier alpha value is -3.02. The number of hydrogen-bond acceptors (Lipinski definition) is 4. The maximum atomic E-state index is 11.9. The molecule has 6 nitrogen and oxygen atoms in total. The van der Waals surface area contributed by atoms with Gasteiger partial charge < -0.3 is 19.9 Å². The van der Waals surface area contributed by atoms with Crippen molar-refractivity contribution in [3.05, 3.63) is 65.2 Å². The Morgan fingerprint density at radius 1 is 1.21 bits per heavy atom. The lowest BCUT2D eigenvalue weighted by Crippen LogP contribution is -2.34. The summed E-state index contributed by atoms with van der Waals surface area (Å²) < 4.78 is 10.5. The molecule has 0 unspecified atom stereocenters. The third kappa shape index (κ3) is 3.65. The van der Waals surface area contributed by atoms with Crippen molar-refractivity contribution in [2.45, 2.75) is 19.1 Å². The van der Waals surface area contributed by atoms with Crippen molar-refractivity contribution in [3.8, 4) is 5.75 Å². The van der Waals surface area contributed by atoms with E-state index in [4.69, 9.17) is 9.47 Å². The molecule has 1 amide bonds. The molecule has 0 aliphatic carbocycles. The van der Waals surface area contributed by atoms with Crippen LogP contribution in [0.15, 0.2) is 48.5 Å². The number of carboxylic acids is 1. The molecule has 0 bridgehead atoms. The van der Waals surface area contributed by atoms with E-state index in [2.05, 4.69) is 5.32 Å². The molecule has 0 saturated heterocycles. The molecule has 0 spiro atoms. The van der Waals surface area contributed by atoms with E-state index >= 15 is 0 Å². The van der Waals surface area contributed by atoms with Crippen molar-refractivity contribution in [1.82, 2.24) is 5.32 Å². The normalized spacial score (nSPS) is 13.5. The first-order valence-electron chi connectivity index (χ1n) is 7.59. The van der Waals surface area contributed by atoms with Gasteiger partial charge in [0.05, 0.1) is 6.61 Å². The van der Waals surface area contributed by atoms with E-state index < -0.39 is 18.1 Å². The molecule has 1 atom stereocenters. The fourth-order valence-electron chi connectivity index (χ4n) is 2.53. The molecule has 0 aromatic heterocycles. The lowest BCUT2D eigenvalue weighted by atomic mass is 10.0. The zero-order valence-corrected chi connectivity index (χ0v) is 12.9. The van der Waals surface area contributed by atoms with Gasteiger partial charge in [-0.25, -0.2) is 9.59 Å². The van der Waals surface area contributed by atoms with Crippen LogP contribution in [0.3, 0.4) is 0 Å². The highest BCUT2D eigenvalue weighted by molar-refractivity contribution is 5.81. The minimum absolute atomic E-state index is 0.0757. The molecular formula is C18H17NO5. The molecule has 2 N–H and O–H groups in total. The van der Waals surface area contributed by atoms with Crippen molar-refractivity contribution >= 4 is 12.1 Å². The Morgan fingerprint density at radius 2 is 2.00 bits per heavy atom. The fraction of sp³-hybridized carbons (Fsp3) is 0.222. The van der Waals surface area contributed by atoms with Crippen LogP contribution in [0.1, 0.15) is 22.7 Å². The minimum Gasteiger partial charge on any atom is -0.493 e. The zero-order valence-electron chi connectivity index (χ0n) is 12.9. The second-order valence-corrected chi connectivity index (χ2v) is 5.44. The van der Waals surface area contributed by atoms with Gasteiger partial charge in [0, 0.05) is 6.42 Å². The summed E-state index contributed by atoms with van der Waals surface area (Å²) in [5.74, 6) is -0.497. The van der Waals surface area contributed by atoms with Crippen LogP contribution in [0.2, 0.25) is 0 Å². The monoisotopic (exact) mass is 327 g/mol. The van der Waals surface area contributed by atoms with Gasteiger partial charge in [0.2, 0.25) is 0 Å². The smallest absolute Gasteiger partial charge is 0.408 e. The average molecular weight is 327 g/mol. The van der Waals surface area contributed by atoms with E-state index in [-0.39, 0.29) is 6.61 Å². The van der Waals surface area contributed by atoms with E-state index in [0.717, 1.165) is 17.5 Å². The Balaban J connectivity index is 1.65. The van der Waals surface area contributed by atoms with Crippen LogP contribution in [0, 0.1) is 0 Å². The Kier molecular flexibility index (Phi) is 4.65. The molecule has 3 rings (SSSR count). The average Bonchev–Trinajstić information content (AvgIpc) is 3.06. The van der Waals surface area contributed by atoms with Gasteiger partial charge >= 0.3 is 12.1 Å². The van der Waals surface area contributed by atoms with Crippen molar-refractivity contribution < 1.29 is 24.2 Å². The van der Waals surface area contributed by atoms with Gasteiger partial charge in [-0.15, -0.1) is 0 Å². The van der Waals surface area contributed by atoms with Gasteiger partial charge in [0.1, 0.15) is 12.4 Å². The molecule has 1 heterocycles. The number of amides is 1. The van der Waals surface area contributed by atoms with Crippen LogP contribution < -0.4 is 10.1 Å². The van der Waals surface area contributed by atoms with Crippen molar-refractivity contribution in [2.24, 2.45) is 0 Å². The number of carbonyl (C=O) groups is 2. The number of nitrogens with one attached hydrogen (secondary N) is 1. The Labute approximate surface area is 139 Å². The highest BCUT2D eigenvalue weighted by atomic mass is 16.5. The Morgan fingerprint density at radius 3 is 2.75 bits per heavy atom. The van der Waals surface area contributed by atoms with Crippen LogP contribution >= 0.6 is 0 Å². The Bertz CT molecular complexity index is 744. The molecule has 24 heavy (non-hydrogen) atoms. The number of alkyl carbamates (subject to hydrolysis) is 1. The molecule has 0 radical (unpaired) electrons. The number of carboxylic acid groups (broad SMARTS) is 1. The number of fused-ring (bicyclic) bond motifs is 1. The number of aliphatic carboxylic acids is 1. The molecule has 124 valence electrons. The topological polar surface area (TPSA) is 84.9 Å². The summed E-state index contributed by atoms with van der Waals surface area (Å²) in [4.78, 5) is 23.4. The first-order chi connectivity index (χ1) is 11.6. The van der Waals surface area contributed by atoms with E-state index in [1.54, 1.807) is 12.1 Å². The van der Waals surface area contributed by atoms with Crippen LogP contribution in [-0.2, 0) is 22.6 Å². The number of ether oxygens (including phenoxy) is 2. The number of rotatable bonds is 5. The summed E-state index contributed by atoms with van der Waals surface area (Å²) in [6.07, 6.45) is 0.0209. The van der Waals surface area contributed by atoms with Crippen LogP contribution in [-0.4, -0.2) is 23.8 Å². The van der Waals surface area contributed by atoms with E-state index in [1.165, 1.54) is 0 Å². The van der Waals surface area contributed by atoms with E-state index in [0.29, 0.717) is 17.9 Å². The second kappa shape index (κ2) is 7.04. The second-order valence-electron chi connectivity index (χ2n) is 5.44. The predicted octanol–water partition coefficient (Wildman–Crippen LogP) is 2.67. The molecular weight excluding hydrogens is 310 g/mol. The summed E-state index contributed by atoms with van der Waals surface area (Å²) >= 11 is 0. The molecule has 2 aromatic rings. The molecule has 0 fully saturated rings. The lowest BCUT2D eigenvalue weighted by Gasteiger charge is -2.16. The van der Waals surface area contributed by atoms with Crippen LogP contribution in [0.25, 0.3) is 0 Å². The van der Waals surface area contributed by atoms with Gasteiger partial charge in [-0.3, -0.25) is 0 Å². The molecule has 0 saturated carbocycles. The quantitative estimate of drug-likeness (QED) is 0.882. The summed E-state index contributed by atoms with van der Waals surface area (Å²) in [6.45, 7) is 0.662. The van der Waals surface area contributed by atoms with Gasteiger partial charge in [-0.2, -0.15) is 0 Å². The first kappa shape index (κ1) is 15.9. The molecule has 2 aromatic carbocycles. The first-order valence-corrected chi connectivity index (χ1v) is 7.59. The third-order valence-corrected chi connectivity index (χ3v) is 3.78. The minimum atomic E-state index is -1.19.